The van der Waals surface area contributed by atoms with Gasteiger partial charge in [-0.25, -0.2) is 8.78 Å². The predicted octanol–water partition coefficient (Wildman–Crippen LogP) is 3.36. The van der Waals surface area contributed by atoms with Crippen molar-refractivity contribution in [1.82, 2.24) is 10.2 Å². The molecule has 112 valence electrons. The van der Waals surface area contributed by atoms with Gasteiger partial charge in [0.05, 0.1) is 0 Å². The second-order valence-electron chi connectivity index (χ2n) is 5.31. The van der Waals surface area contributed by atoms with E-state index in [1.165, 1.54) is 18.2 Å². The fourth-order valence-electron chi connectivity index (χ4n) is 2.26. The SMILES string of the molecule is CN(C)CC(NCc1c(F)cccc1F)c1ccccc1. The lowest BCUT2D eigenvalue weighted by atomic mass is 10.1. The van der Waals surface area contributed by atoms with Gasteiger partial charge in [-0.05, 0) is 31.8 Å². The van der Waals surface area contributed by atoms with Crippen LogP contribution in [0.4, 0.5) is 8.78 Å². The van der Waals surface area contributed by atoms with Gasteiger partial charge in [-0.15, -0.1) is 0 Å². The van der Waals surface area contributed by atoms with Crippen LogP contribution in [0.25, 0.3) is 0 Å². The van der Waals surface area contributed by atoms with Gasteiger partial charge in [0.2, 0.25) is 0 Å². The van der Waals surface area contributed by atoms with E-state index in [0.717, 1.165) is 12.1 Å². The summed E-state index contributed by atoms with van der Waals surface area (Å²) in [5, 5.41) is 3.24. The highest BCUT2D eigenvalue weighted by Gasteiger charge is 2.14. The molecule has 2 aromatic rings. The fourth-order valence-corrected chi connectivity index (χ4v) is 2.26. The standard InChI is InChI=1S/C17H20F2N2/c1-21(2)12-17(13-7-4-3-5-8-13)20-11-14-15(18)9-6-10-16(14)19/h3-10,17,20H,11-12H2,1-2H3. The van der Waals surface area contributed by atoms with Crippen molar-refractivity contribution in [3.05, 3.63) is 71.3 Å². The van der Waals surface area contributed by atoms with E-state index in [4.69, 9.17) is 0 Å². The maximum Gasteiger partial charge on any atom is 0.130 e. The van der Waals surface area contributed by atoms with Crippen LogP contribution in [0.3, 0.4) is 0 Å². The molecule has 0 aliphatic heterocycles. The van der Waals surface area contributed by atoms with Crippen LogP contribution in [-0.2, 0) is 6.54 Å². The topological polar surface area (TPSA) is 15.3 Å². The van der Waals surface area contributed by atoms with E-state index >= 15 is 0 Å². The summed E-state index contributed by atoms with van der Waals surface area (Å²) in [4.78, 5) is 2.04. The summed E-state index contributed by atoms with van der Waals surface area (Å²) in [6.45, 7) is 0.909. The van der Waals surface area contributed by atoms with Crippen molar-refractivity contribution in [2.75, 3.05) is 20.6 Å². The molecule has 0 aromatic heterocycles. The Balaban J connectivity index is 2.13. The molecule has 0 aliphatic rings. The highest BCUT2D eigenvalue weighted by Crippen LogP contribution is 2.17. The number of nitrogens with one attached hydrogen (secondary N) is 1. The van der Waals surface area contributed by atoms with E-state index in [0.29, 0.717) is 0 Å². The van der Waals surface area contributed by atoms with Crippen molar-refractivity contribution < 1.29 is 8.78 Å². The second kappa shape index (κ2) is 7.29. The van der Waals surface area contributed by atoms with Crippen LogP contribution in [-0.4, -0.2) is 25.5 Å². The zero-order valence-electron chi connectivity index (χ0n) is 12.3. The molecule has 0 spiro atoms. The molecule has 0 saturated carbocycles. The lowest BCUT2D eigenvalue weighted by Gasteiger charge is -2.23. The Morgan fingerprint density at radius 2 is 1.57 bits per heavy atom. The van der Waals surface area contributed by atoms with E-state index in [-0.39, 0.29) is 18.2 Å². The highest BCUT2D eigenvalue weighted by molar-refractivity contribution is 5.22. The van der Waals surface area contributed by atoms with Gasteiger partial charge in [-0.3, -0.25) is 0 Å². The van der Waals surface area contributed by atoms with Crippen molar-refractivity contribution >= 4 is 0 Å². The van der Waals surface area contributed by atoms with Crippen molar-refractivity contribution in [3.63, 3.8) is 0 Å². The second-order valence-corrected chi connectivity index (χ2v) is 5.31. The van der Waals surface area contributed by atoms with Crippen LogP contribution in [0.5, 0.6) is 0 Å². The molecule has 0 radical (unpaired) electrons. The minimum Gasteiger partial charge on any atom is -0.308 e. The third kappa shape index (κ3) is 4.34. The number of rotatable bonds is 6. The van der Waals surface area contributed by atoms with Gasteiger partial charge in [0.1, 0.15) is 11.6 Å². The zero-order valence-corrected chi connectivity index (χ0v) is 12.3. The molecule has 0 aliphatic carbocycles. The quantitative estimate of drug-likeness (QED) is 0.877. The summed E-state index contributed by atoms with van der Waals surface area (Å²) in [6.07, 6.45) is 0. The Hall–Kier alpha value is -1.78. The first-order valence-electron chi connectivity index (χ1n) is 6.94. The minimum absolute atomic E-state index is 0.0141. The summed E-state index contributed by atoms with van der Waals surface area (Å²) in [5.41, 5.74) is 1.18. The molecule has 2 rings (SSSR count). The molecule has 1 N–H and O–H groups in total. The molecule has 0 bridgehead atoms. The summed E-state index contributed by atoms with van der Waals surface area (Å²) in [6, 6.07) is 13.9. The molecule has 0 heterocycles. The molecule has 0 fully saturated rings. The Labute approximate surface area is 124 Å². The molecule has 2 nitrogen and oxygen atoms in total. The number of halogens is 2. The highest BCUT2D eigenvalue weighted by atomic mass is 19.1. The number of hydrogen-bond acceptors (Lipinski definition) is 2. The maximum absolute atomic E-state index is 13.7. The lowest BCUT2D eigenvalue weighted by molar-refractivity contribution is 0.338. The Bertz CT molecular complexity index is 550. The average Bonchev–Trinajstić information content (AvgIpc) is 2.46. The Morgan fingerprint density at radius 1 is 0.952 bits per heavy atom. The van der Waals surface area contributed by atoms with Crippen molar-refractivity contribution in [2.45, 2.75) is 12.6 Å². The van der Waals surface area contributed by atoms with E-state index in [1.807, 2.05) is 49.3 Å². The molecule has 2 aromatic carbocycles. The van der Waals surface area contributed by atoms with Gasteiger partial charge in [0, 0.05) is 24.7 Å². The largest absolute Gasteiger partial charge is 0.308 e. The van der Waals surface area contributed by atoms with Crippen LogP contribution in [0.1, 0.15) is 17.2 Å². The first-order chi connectivity index (χ1) is 10.1. The van der Waals surface area contributed by atoms with Crippen molar-refractivity contribution in [3.8, 4) is 0 Å². The summed E-state index contributed by atoms with van der Waals surface area (Å²) >= 11 is 0. The van der Waals surface area contributed by atoms with Crippen molar-refractivity contribution in [2.24, 2.45) is 0 Å². The lowest BCUT2D eigenvalue weighted by Crippen LogP contribution is -2.31. The zero-order chi connectivity index (χ0) is 15.2. The number of likely N-dealkylation sites (N-methyl/N-ethyl adjacent to an activating group) is 1. The van der Waals surface area contributed by atoms with Gasteiger partial charge in [-0.1, -0.05) is 36.4 Å². The third-order valence-electron chi connectivity index (χ3n) is 3.34. The molecule has 0 saturated heterocycles. The summed E-state index contributed by atoms with van der Waals surface area (Å²) in [5.74, 6) is -1.03. The van der Waals surface area contributed by atoms with Crippen LogP contribution in [0.15, 0.2) is 48.5 Å². The molecule has 1 atom stereocenters. The van der Waals surface area contributed by atoms with E-state index in [9.17, 15) is 8.78 Å². The van der Waals surface area contributed by atoms with Crippen LogP contribution in [0.2, 0.25) is 0 Å². The number of nitrogens with zero attached hydrogens (tertiary/aromatic N) is 1. The maximum atomic E-state index is 13.7. The monoisotopic (exact) mass is 290 g/mol. The first-order valence-corrected chi connectivity index (χ1v) is 6.94. The molecular weight excluding hydrogens is 270 g/mol. The average molecular weight is 290 g/mol. The summed E-state index contributed by atoms with van der Waals surface area (Å²) in [7, 11) is 3.95. The first kappa shape index (κ1) is 15.6. The minimum atomic E-state index is -0.515. The van der Waals surface area contributed by atoms with Gasteiger partial charge in [0.15, 0.2) is 0 Å². The smallest absolute Gasteiger partial charge is 0.130 e. The van der Waals surface area contributed by atoms with E-state index in [2.05, 4.69) is 5.32 Å². The van der Waals surface area contributed by atoms with Crippen LogP contribution in [0, 0.1) is 11.6 Å². The molecule has 4 heteroatoms. The van der Waals surface area contributed by atoms with E-state index < -0.39 is 11.6 Å². The fraction of sp³-hybridized carbons (Fsp3) is 0.294. The van der Waals surface area contributed by atoms with Gasteiger partial charge in [0.25, 0.3) is 0 Å². The Morgan fingerprint density at radius 3 is 2.14 bits per heavy atom. The van der Waals surface area contributed by atoms with Crippen LogP contribution < -0.4 is 5.32 Å². The molecule has 21 heavy (non-hydrogen) atoms. The predicted molar refractivity (Wildman–Crippen MR) is 80.9 cm³/mol. The molecular formula is C17H20F2N2. The van der Waals surface area contributed by atoms with Gasteiger partial charge < -0.3 is 10.2 Å². The Kier molecular flexibility index (Phi) is 5.42. The summed E-state index contributed by atoms with van der Waals surface area (Å²) < 4.78 is 27.4. The third-order valence-corrected chi connectivity index (χ3v) is 3.34. The number of benzene rings is 2. The molecule has 0 amide bonds. The van der Waals surface area contributed by atoms with Crippen molar-refractivity contribution in [1.29, 1.82) is 0 Å². The van der Waals surface area contributed by atoms with Gasteiger partial charge >= 0.3 is 0 Å². The van der Waals surface area contributed by atoms with E-state index in [1.54, 1.807) is 0 Å². The van der Waals surface area contributed by atoms with Crippen LogP contribution >= 0.6 is 0 Å². The number of hydrogen-bond donors (Lipinski definition) is 1. The van der Waals surface area contributed by atoms with Gasteiger partial charge in [-0.2, -0.15) is 0 Å². The normalized spacial score (nSPS) is 12.6. The molecule has 1 unspecified atom stereocenters.